The van der Waals surface area contributed by atoms with Gasteiger partial charge in [-0.15, -0.1) is 0 Å². The van der Waals surface area contributed by atoms with Crippen molar-refractivity contribution in [3.05, 3.63) is 51.8 Å². The number of hydrogen-bond donors (Lipinski definition) is 2. The molecule has 0 aliphatic carbocycles. The lowest BCUT2D eigenvalue weighted by atomic mass is 10.1. The number of amides is 1. The van der Waals surface area contributed by atoms with E-state index in [1.165, 1.54) is 15.6 Å². The van der Waals surface area contributed by atoms with Crippen LogP contribution in [-0.2, 0) is 11.3 Å². The number of likely N-dealkylation sites (N-methyl/N-ethyl adjacent to an activating group) is 1. The Morgan fingerprint density at radius 1 is 1.22 bits per heavy atom. The van der Waals surface area contributed by atoms with Gasteiger partial charge < -0.3 is 10.2 Å². The average molecular weight is 336 g/mol. The summed E-state index contributed by atoms with van der Waals surface area (Å²) in [6.45, 7) is 1.29. The molecule has 0 radical (unpaired) electrons. The van der Waals surface area contributed by atoms with E-state index in [4.69, 9.17) is 11.6 Å². The molecule has 0 bridgehead atoms. The molecule has 0 aliphatic heterocycles. The molecule has 0 spiro atoms. The SMILES string of the molecule is C[NH+](C)CCNC(=O)Cn1nc(-c2ccc(Cl)cc2)ccc1=O. The summed E-state index contributed by atoms with van der Waals surface area (Å²) in [6.07, 6.45) is 0. The van der Waals surface area contributed by atoms with Crippen molar-refractivity contribution >= 4 is 17.5 Å². The van der Waals surface area contributed by atoms with E-state index in [9.17, 15) is 9.59 Å². The van der Waals surface area contributed by atoms with Crippen LogP contribution >= 0.6 is 11.6 Å². The number of benzene rings is 1. The highest BCUT2D eigenvalue weighted by Gasteiger charge is 2.08. The highest BCUT2D eigenvalue weighted by atomic mass is 35.5. The van der Waals surface area contributed by atoms with Crippen molar-refractivity contribution in [3.63, 3.8) is 0 Å². The summed E-state index contributed by atoms with van der Waals surface area (Å²) in [4.78, 5) is 25.0. The molecule has 0 aliphatic rings. The maximum atomic E-state index is 11.9. The lowest BCUT2D eigenvalue weighted by Gasteiger charge is -2.10. The van der Waals surface area contributed by atoms with Crippen molar-refractivity contribution in [3.8, 4) is 11.3 Å². The first-order valence-corrected chi connectivity index (χ1v) is 7.73. The summed E-state index contributed by atoms with van der Waals surface area (Å²) in [7, 11) is 4.02. The van der Waals surface area contributed by atoms with Crippen molar-refractivity contribution in [2.75, 3.05) is 27.2 Å². The number of quaternary nitrogens is 1. The minimum atomic E-state index is -0.309. The van der Waals surface area contributed by atoms with E-state index < -0.39 is 0 Å². The van der Waals surface area contributed by atoms with Gasteiger partial charge in [-0.25, -0.2) is 4.68 Å². The molecule has 6 nitrogen and oxygen atoms in total. The molecule has 23 heavy (non-hydrogen) atoms. The zero-order valence-electron chi connectivity index (χ0n) is 13.2. The summed E-state index contributed by atoms with van der Waals surface area (Å²) >= 11 is 5.86. The van der Waals surface area contributed by atoms with Gasteiger partial charge in [0.1, 0.15) is 6.54 Å². The zero-order valence-corrected chi connectivity index (χ0v) is 13.9. The predicted molar refractivity (Wildman–Crippen MR) is 89.6 cm³/mol. The first kappa shape index (κ1) is 17.2. The highest BCUT2D eigenvalue weighted by Crippen LogP contribution is 2.18. The number of carbonyl (C=O) groups is 1. The molecular weight excluding hydrogens is 316 g/mol. The molecule has 0 saturated carbocycles. The Labute approximate surface area is 139 Å². The largest absolute Gasteiger partial charge is 0.349 e. The molecule has 1 amide bonds. The van der Waals surface area contributed by atoms with Gasteiger partial charge in [-0.1, -0.05) is 23.7 Å². The van der Waals surface area contributed by atoms with Crippen molar-refractivity contribution in [2.24, 2.45) is 0 Å². The Morgan fingerprint density at radius 3 is 2.57 bits per heavy atom. The molecule has 0 saturated heterocycles. The smallest absolute Gasteiger partial charge is 0.267 e. The molecule has 2 aromatic rings. The number of rotatable bonds is 6. The molecule has 2 N–H and O–H groups in total. The summed E-state index contributed by atoms with van der Waals surface area (Å²) in [5.74, 6) is -0.228. The fourth-order valence-electron chi connectivity index (χ4n) is 1.98. The number of hydrogen-bond acceptors (Lipinski definition) is 3. The van der Waals surface area contributed by atoms with Crippen LogP contribution in [0, 0.1) is 0 Å². The standard InChI is InChI=1S/C16H19ClN4O2/c1-20(2)10-9-18-15(22)11-21-16(23)8-7-14(19-21)12-3-5-13(17)6-4-12/h3-8H,9-11H2,1-2H3,(H,18,22)/p+1. The van der Waals surface area contributed by atoms with Gasteiger partial charge in [0.05, 0.1) is 32.9 Å². The third kappa shape index (κ3) is 5.19. The second-order valence-electron chi connectivity index (χ2n) is 5.53. The topological polar surface area (TPSA) is 68.4 Å². The predicted octanol–water partition coefficient (Wildman–Crippen LogP) is -0.176. The minimum absolute atomic E-state index is 0.0942. The van der Waals surface area contributed by atoms with Gasteiger partial charge in [0.15, 0.2) is 0 Å². The van der Waals surface area contributed by atoms with Gasteiger partial charge in [0, 0.05) is 16.7 Å². The van der Waals surface area contributed by atoms with Gasteiger partial charge in [0.2, 0.25) is 5.91 Å². The van der Waals surface area contributed by atoms with E-state index in [0.29, 0.717) is 17.3 Å². The first-order valence-electron chi connectivity index (χ1n) is 7.35. The molecule has 0 unspecified atom stereocenters. The Balaban J connectivity index is 2.10. The van der Waals surface area contributed by atoms with Gasteiger partial charge in [0.25, 0.3) is 5.56 Å². The molecule has 1 aromatic carbocycles. The van der Waals surface area contributed by atoms with E-state index in [0.717, 1.165) is 12.1 Å². The zero-order chi connectivity index (χ0) is 16.8. The Morgan fingerprint density at radius 2 is 1.91 bits per heavy atom. The maximum absolute atomic E-state index is 11.9. The second kappa shape index (κ2) is 7.89. The van der Waals surface area contributed by atoms with Crippen LogP contribution in [0.2, 0.25) is 5.02 Å². The third-order valence-electron chi connectivity index (χ3n) is 3.25. The van der Waals surface area contributed by atoms with Crippen LogP contribution < -0.4 is 15.8 Å². The van der Waals surface area contributed by atoms with Crippen LogP contribution in [-0.4, -0.2) is 42.9 Å². The minimum Gasteiger partial charge on any atom is -0.349 e. The van der Waals surface area contributed by atoms with E-state index in [2.05, 4.69) is 10.4 Å². The average Bonchev–Trinajstić information content (AvgIpc) is 2.50. The molecule has 0 atom stereocenters. The van der Waals surface area contributed by atoms with Gasteiger partial charge in [-0.2, -0.15) is 5.10 Å². The van der Waals surface area contributed by atoms with Crippen molar-refractivity contribution < 1.29 is 9.69 Å². The van der Waals surface area contributed by atoms with Crippen LogP contribution in [0.1, 0.15) is 0 Å². The maximum Gasteiger partial charge on any atom is 0.267 e. The molecule has 1 heterocycles. The number of carbonyl (C=O) groups excluding carboxylic acids is 1. The molecule has 0 fully saturated rings. The first-order chi connectivity index (χ1) is 11.0. The monoisotopic (exact) mass is 335 g/mol. The fraction of sp³-hybridized carbons (Fsp3) is 0.312. The van der Waals surface area contributed by atoms with Crippen molar-refractivity contribution in [2.45, 2.75) is 6.54 Å². The molecule has 122 valence electrons. The van der Waals surface area contributed by atoms with Crippen molar-refractivity contribution in [1.29, 1.82) is 0 Å². The number of nitrogens with one attached hydrogen (secondary N) is 2. The highest BCUT2D eigenvalue weighted by molar-refractivity contribution is 6.30. The Hall–Kier alpha value is -2.18. The molecule has 2 rings (SSSR count). The van der Waals surface area contributed by atoms with Crippen LogP contribution in [0.4, 0.5) is 0 Å². The molecule has 7 heteroatoms. The number of nitrogens with zero attached hydrogens (tertiary/aromatic N) is 2. The normalized spacial score (nSPS) is 10.8. The molecule has 1 aromatic heterocycles. The van der Waals surface area contributed by atoms with Gasteiger partial charge >= 0.3 is 0 Å². The number of aromatic nitrogens is 2. The van der Waals surface area contributed by atoms with Crippen LogP contribution in [0.5, 0.6) is 0 Å². The third-order valence-corrected chi connectivity index (χ3v) is 3.50. The molecular formula is C16H20ClN4O2+. The van der Waals surface area contributed by atoms with Crippen LogP contribution in [0.25, 0.3) is 11.3 Å². The van der Waals surface area contributed by atoms with Crippen molar-refractivity contribution in [1.82, 2.24) is 15.1 Å². The summed E-state index contributed by atoms with van der Waals surface area (Å²) in [5, 5.41) is 7.66. The van der Waals surface area contributed by atoms with Crippen LogP contribution in [0.15, 0.2) is 41.2 Å². The summed E-state index contributed by atoms with van der Waals surface area (Å²) in [5.41, 5.74) is 1.14. The van der Waals surface area contributed by atoms with Crippen LogP contribution in [0.3, 0.4) is 0 Å². The fourth-order valence-corrected chi connectivity index (χ4v) is 2.11. The van der Waals surface area contributed by atoms with Gasteiger partial charge in [-0.05, 0) is 18.2 Å². The summed E-state index contributed by atoms with van der Waals surface area (Å²) in [6, 6.07) is 10.2. The quantitative estimate of drug-likeness (QED) is 0.770. The van der Waals surface area contributed by atoms with E-state index in [1.807, 2.05) is 26.2 Å². The number of halogens is 1. The van der Waals surface area contributed by atoms with E-state index >= 15 is 0 Å². The Bertz CT molecular complexity index is 726. The van der Waals surface area contributed by atoms with E-state index in [1.54, 1.807) is 18.2 Å². The second-order valence-corrected chi connectivity index (χ2v) is 5.96. The van der Waals surface area contributed by atoms with E-state index in [-0.39, 0.29) is 18.0 Å². The summed E-state index contributed by atoms with van der Waals surface area (Å²) < 4.78 is 1.17. The lowest BCUT2D eigenvalue weighted by molar-refractivity contribution is -0.856. The van der Waals surface area contributed by atoms with Gasteiger partial charge in [-0.3, -0.25) is 9.59 Å². The Kier molecular flexibility index (Phi) is 5.90. The lowest BCUT2D eigenvalue weighted by Crippen LogP contribution is -3.06.